The highest BCUT2D eigenvalue weighted by Crippen LogP contribution is 2.17. The van der Waals surface area contributed by atoms with Crippen molar-refractivity contribution in [1.82, 2.24) is 4.98 Å². The molecule has 20 heavy (non-hydrogen) atoms. The van der Waals surface area contributed by atoms with E-state index in [1.54, 1.807) is 0 Å². The fraction of sp³-hybridized carbons (Fsp3) is 0.353. The smallest absolute Gasteiger partial charge is 0.0957 e. The number of aliphatic hydroxyl groups is 1. The van der Waals surface area contributed by atoms with Crippen LogP contribution in [0.25, 0.3) is 0 Å². The van der Waals surface area contributed by atoms with Crippen LogP contribution in [0.15, 0.2) is 48.7 Å². The summed E-state index contributed by atoms with van der Waals surface area (Å²) < 4.78 is 0. The molecule has 1 atom stereocenters. The minimum atomic E-state index is -0.460. The van der Waals surface area contributed by atoms with E-state index in [4.69, 9.17) is 0 Å². The van der Waals surface area contributed by atoms with Gasteiger partial charge in [-0.2, -0.15) is 0 Å². The van der Waals surface area contributed by atoms with Crippen molar-refractivity contribution in [2.75, 3.05) is 18.5 Å². The van der Waals surface area contributed by atoms with Gasteiger partial charge in [0.2, 0.25) is 0 Å². The van der Waals surface area contributed by atoms with Crippen LogP contribution in [0.1, 0.15) is 30.7 Å². The lowest BCUT2D eigenvalue weighted by Gasteiger charge is -2.19. The molecule has 106 valence electrons. The minimum absolute atomic E-state index is 0.460. The molecule has 1 aromatic heterocycles. The van der Waals surface area contributed by atoms with Crippen LogP contribution in [-0.2, 0) is 6.42 Å². The lowest BCUT2D eigenvalue weighted by molar-refractivity contribution is 0.169. The van der Waals surface area contributed by atoms with E-state index in [9.17, 15) is 5.11 Å². The van der Waals surface area contributed by atoms with Crippen molar-refractivity contribution >= 4 is 5.69 Å². The number of hydrogen-bond donors (Lipinski definition) is 1. The summed E-state index contributed by atoms with van der Waals surface area (Å²) in [6, 6.07) is 14.4. The van der Waals surface area contributed by atoms with Gasteiger partial charge in [0.1, 0.15) is 0 Å². The normalized spacial score (nSPS) is 12.2. The molecule has 0 amide bonds. The first-order chi connectivity index (χ1) is 9.70. The Hall–Kier alpha value is -1.87. The Morgan fingerprint density at radius 3 is 2.50 bits per heavy atom. The molecule has 0 fully saturated rings. The molecule has 1 heterocycles. The number of pyridine rings is 1. The summed E-state index contributed by atoms with van der Waals surface area (Å²) in [6.07, 6.45) is 3.07. The van der Waals surface area contributed by atoms with Crippen molar-refractivity contribution in [3.63, 3.8) is 0 Å². The van der Waals surface area contributed by atoms with Crippen molar-refractivity contribution in [3.8, 4) is 0 Å². The summed E-state index contributed by atoms with van der Waals surface area (Å²) in [4.78, 5) is 6.52. The molecule has 2 rings (SSSR count). The molecule has 0 bridgehead atoms. The SMILES string of the molecule is CC[C@H](O)c1ccc(N(C)CCc2ccccc2)cn1. The van der Waals surface area contributed by atoms with Crippen LogP contribution in [0, 0.1) is 0 Å². The second-order valence-electron chi connectivity index (χ2n) is 5.02. The van der Waals surface area contributed by atoms with E-state index in [2.05, 4.69) is 41.2 Å². The van der Waals surface area contributed by atoms with Crippen LogP contribution >= 0.6 is 0 Å². The molecular formula is C17H22N2O. The van der Waals surface area contributed by atoms with E-state index in [0.29, 0.717) is 6.42 Å². The first-order valence-electron chi connectivity index (χ1n) is 7.09. The van der Waals surface area contributed by atoms with Gasteiger partial charge in [0, 0.05) is 13.6 Å². The summed E-state index contributed by atoms with van der Waals surface area (Å²) in [7, 11) is 2.07. The number of benzene rings is 1. The Kier molecular flexibility index (Phi) is 5.13. The van der Waals surface area contributed by atoms with E-state index in [0.717, 1.165) is 24.3 Å². The van der Waals surface area contributed by atoms with E-state index in [1.807, 2.05) is 31.3 Å². The molecule has 2 aromatic rings. The average Bonchev–Trinajstić information content (AvgIpc) is 2.53. The fourth-order valence-electron chi connectivity index (χ4n) is 2.10. The van der Waals surface area contributed by atoms with E-state index >= 15 is 0 Å². The third-order valence-electron chi connectivity index (χ3n) is 3.52. The molecule has 0 radical (unpaired) electrons. The maximum atomic E-state index is 9.73. The maximum Gasteiger partial charge on any atom is 0.0957 e. The third kappa shape index (κ3) is 3.81. The number of aliphatic hydroxyl groups excluding tert-OH is 1. The Labute approximate surface area is 120 Å². The van der Waals surface area contributed by atoms with Crippen molar-refractivity contribution < 1.29 is 5.11 Å². The Morgan fingerprint density at radius 2 is 1.90 bits per heavy atom. The van der Waals surface area contributed by atoms with Gasteiger partial charge in [0.15, 0.2) is 0 Å². The predicted molar refractivity (Wildman–Crippen MR) is 82.9 cm³/mol. The van der Waals surface area contributed by atoms with Gasteiger partial charge in [-0.15, -0.1) is 0 Å². The lowest BCUT2D eigenvalue weighted by Crippen LogP contribution is -2.20. The van der Waals surface area contributed by atoms with Gasteiger partial charge < -0.3 is 10.0 Å². The molecule has 1 N–H and O–H groups in total. The van der Waals surface area contributed by atoms with Crippen LogP contribution in [-0.4, -0.2) is 23.7 Å². The number of aromatic nitrogens is 1. The van der Waals surface area contributed by atoms with Gasteiger partial charge in [-0.05, 0) is 30.5 Å². The second kappa shape index (κ2) is 7.06. The zero-order valence-electron chi connectivity index (χ0n) is 12.2. The van der Waals surface area contributed by atoms with Gasteiger partial charge in [0.05, 0.1) is 23.7 Å². The first kappa shape index (κ1) is 14.5. The molecule has 0 saturated heterocycles. The maximum absolute atomic E-state index is 9.73. The molecule has 0 aliphatic heterocycles. The number of rotatable bonds is 6. The van der Waals surface area contributed by atoms with Crippen LogP contribution in [0.2, 0.25) is 0 Å². The highest BCUT2D eigenvalue weighted by Gasteiger charge is 2.07. The standard InChI is InChI=1S/C17H22N2O/c1-3-17(20)16-10-9-15(13-18-16)19(2)12-11-14-7-5-4-6-8-14/h4-10,13,17,20H,3,11-12H2,1-2H3/t17-/m0/s1. The van der Waals surface area contributed by atoms with Crippen LogP contribution in [0.3, 0.4) is 0 Å². The highest BCUT2D eigenvalue weighted by atomic mass is 16.3. The first-order valence-corrected chi connectivity index (χ1v) is 7.09. The minimum Gasteiger partial charge on any atom is -0.387 e. The summed E-state index contributed by atoms with van der Waals surface area (Å²) in [6.45, 7) is 2.90. The van der Waals surface area contributed by atoms with Crippen LogP contribution in [0.4, 0.5) is 5.69 Å². The molecule has 0 saturated carbocycles. The number of anilines is 1. The Bertz CT molecular complexity index is 510. The molecular weight excluding hydrogens is 248 g/mol. The molecule has 0 aliphatic rings. The zero-order chi connectivity index (χ0) is 14.4. The van der Waals surface area contributed by atoms with Crippen molar-refractivity contribution in [2.24, 2.45) is 0 Å². The Morgan fingerprint density at radius 1 is 1.15 bits per heavy atom. The van der Waals surface area contributed by atoms with E-state index in [1.165, 1.54) is 5.56 Å². The lowest BCUT2D eigenvalue weighted by atomic mass is 10.1. The van der Waals surface area contributed by atoms with Crippen molar-refractivity contribution in [1.29, 1.82) is 0 Å². The van der Waals surface area contributed by atoms with E-state index < -0.39 is 6.10 Å². The van der Waals surface area contributed by atoms with Gasteiger partial charge in [-0.25, -0.2) is 0 Å². The average molecular weight is 270 g/mol. The molecule has 0 spiro atoms. The summed E-state index contributed by atoms with van der Waals surface area (Å²) in [5.74, 6) is 0. The van der Waals surface area contributed by atoms with Gasteiger partial charge >= 0.3 is 0 Å². The molecule has 1 aromatic carbocycles. The number of likely N-dealkylation sites (N-methyl/N-ethyl adjacent to an activating group) is 1. The van der Waals surface area contributed by atoms with Gasteiger partial charge in [0.25, 0.3) is 0 Å². The summed E-state index contributed by atoms with van der Waals surface area (Å²) in [5, 5.41) is 9.73. The van der Waals surface area contributed by atoms with E-state index in [-0.39, 0.29) is 0 Å². The van der Waals surface area contributed by atoms with Crippen molar-refractivity contribution in [3.05, 3.63) is 59.9 Å². The second-order valence-corrected chi connectivity index (χ2v) is 5.02. The molecule has 0 unspecified atom stereocenters. The fourth-order valence-corrected chi connectivity index (χ4v) is 2.10. The monoisotopic (exact) mass is 270 g/mol. The summed E-state index contributed by atoms with van der Waals surface area (Å²) in [5.41, 5.74) is 3.16. The third-order valence-corrected chi connectivity index (χ3v) is 3.52. The van der Waals surface area contributed by atoms with Gasteiger partial charge in [-0.3, -0.25) is 4.98 Å². The predicted octanol–water partition coefficient (Wildman–Crippen LogP) is 3.20. The number of hydrogen-bond acceptors (Lipinski definition) is 3. The zero-order valence-corrected chi connectivity index (χ0v) is 12.2. The van der Waals surface area contributed by atoms with Crippen LogP contribution < -0.4 is 4.90 Å². The molecule has 3 nitrogen and oxygen atoms in total. The largest absolute Gasteiger partial charge is 0.387 e. The molecule has 0 aliphatic carbocycles. The molecule has 3 heteroatoms. The summed E-state index contributed by atoms with van der Waals surface area (Å²) >= 11 is 0. The Balaban J connectivity index is 1.94. The highest BCUT2D eigenvalue weighted by molar-refractivity contribution is 5.44. The van der Waals surface area contributed by atoms with Gasteiger partial charge in [-0.1, -0.05) is 37.3 Å². The van der Waals surface area contributed by atoms with Crippen molar-refractivity contribution in [2.45, 2.75) is 25.9 Å². The quantitative estimate of drug-likeness (QED) is 0.875. The topological polar surface area (TPSA) is 36.4 Å². The van der Waals surface area contributed by atoms with Crippen LogP contribution in [0.5, 0.6) is 0 Å². The number of nitrogens with zero attached hydrogens (tertiary/aromatic N) is 2.